The SMILES string of the molecule is O=C(C[C@H]1SC(N2CCCC2)=NC1=O)Nc1ccc(C(=O)NCCc2cccs2)cc1. The normalized spacial score (nSPS) is 18.2. The molecule has 2 aromatic rings. The predicted octanol–water partition coefficient (Wildman–Crippen LogP) is 3.14. The Morgan fingerprint density at radius 3 is 2.61 bits per heavy atom. The van der Waals surface area contributed by atoms with Crippen molar-refractivity contribution in [1.29, 1.82) is 0 Å². The highest BCUT2D eigenvalue weighted by Crippen LogP contribution is 2.29. The Bertz CT molecular complexity index is 967. The number of rotatable bonds is 7. The first-order valence-corrected chi connectivity index (χ1v) is 12.1. The number of benzene rings is 1. The van der Waals surface area contributed by atoms with Crippen LogP contribution in [-0.4, -0.2) is 52.7 Å². The minimum Gasteiger partial charge on any atom is -0.352 e. The van der Waals surface area contributed by atoms with Crippen LogP contribution in [0.15, 0.2) is 46.8 Å². The largest absolute Gasteiger partial charge is 0.352 e. The molecule has 2 N–H and O–H groups in total. The van der Waals surface area contributed by atoms with Gasteiger partial charge in [-0.2, -0.15) is 4.99 Å². The topological polar surface area (TPSA) is 90.9 Å². The number of nitrogens with zero attached hydrogens (tertiary/aromatic N) is 2. The third kappa shape index (κ3) is 5.74. The molecule has 0 saturated carbocycles. The molecule has 7 nitrogen and oxygen atoms in total. The fourth-order valence-electron chi connectivity index (χ4n) is 3.49. The molecular formula is C22H24N4O3S2. The number of hydrogen-bond acceptors (Lipinski definition) is 6. The zero-order chi connectivity index (χ0) is 21.6. The summed E-state index contributed by atoms with van der Waals surface area (Å²) in [7, 11) is 0. The van der Waals surface area contributed by atoms with Gasteiger partial charge in [0.05, 0.1) is 0 Å². The third-order valence-electron chi connectivity index (χ3n) is 5.14. The van der Waals surface area contributed by atoms with Crippen molar-refractivity contribution in [3.63, 3.8) is 0 Å². The molecule has 0 unspecified atom stereocenters. The van der Waals surface area contributed by atoms with E-state index in [4.69, 9.17) is 0 Å². The summed E-state index contributed by atoms with van der Waals surface area (Å²) in [6, 6.07) is 10.8. The van der Waals surface area contributed by atoms with Gasteiger partial charge in [-0.1, -0.05) is 17.8 Å². The van der Waals surface area contributed by atoms with Crippen molar-refractivity contribution in [3.8, 4) is 0 Å². The zero-order valence-corrected chi connectivity index (χ0v) is 18.6. The maximum Gasteiger partial charge on any atom is 0.262 e. The Labute approximate surface area is 189 Å². The van der Waals surface area contributed by atoms with Crippen molar-refractivity contribution >= 4 is 51.7 Å². The number of carbonyl (C=O) groups excluding carboxylic acids is 3. The Balaban J connectivity index is 1.22. The second kappa shape index (κ2) is 10.1. The van der Waals surface area contributed by atoms with Crippen LogP contribution in [0.5, 0.6) is 0 Å². The Kier molecular flexibility index (Phi) is 7.03. The van der Waals surface area contributed by atoms with E-state index in [-0.39, 0.29) is 24.1 Å². The summed E-state index contributed by atoms with van der Waals surface area (Å²) in [4.78, 5) is 44.3. The summed E-state index contributed by atoms with van der Waals surface area (Å²) >= 11 is 3.05. The Morgan fingerprint density at radius 1 is 1.13 bits per heavy atom. The maximum atomic E-state index is 12.4. The highest BCUT2D eigenvalue weighted by molar-refractivity contribution is 8.15. The van der Waals surface area contributed by atoms with Crippen LogP contribution < -0.4 is 10.6 Å². The first kappa shape index (κ1) is 21.6. The maximum absolute atomic E-state index is 12.4. The lowest BCUT2D eigenvalue weighted by Crippen LogP contribution is -2.25. The van der Waals surface area contributed by atoms with Gasteiger partial charge in [0.15, 0.2) is 5.17 Å². The lowest BCUT2D eigenvalue weighted by atomic mass is 10.2. The molecule has 0 spiro atoms. The average Bonchev–Trinajstić information content (AvgIpc) is 3.52. The van der Waals surface area contributed by atoms with Crippen LogP contribution in [0.3, 0.4) is 0 Å². The van der Waals surface area contributed by atoms with E-state index < -0.39 is 5.25 Å². The first-order valence-electron chi connectivity index (χ1n) is 10.3. The smallest absolute Gasteiger partial charge is 0.262 e. The number of hydrogen-bond donors (Lipinski definition) is 2. The lowest BCUT2D eigenvalue weighted by molar-refractivity contribution is -0.121. The molecule has 162 valence electrons. The first-order chi connectivity index (χ1) is 15.1. The van der Waals surface area contributed by atoms with Crippen molar-refractivity contribution in [2.45, 2.75) is 30.9 Å². The van der Waals surface area contributed by atoms with Crippen molar-refractivity contribution in [2.75, 3.05) is 25.0 Å². The van der Waals surface area contributed by atoms with E-state index in [0.29, 0.717) is 17.8 Å². The monoisotopic (exact) mass is 456 g/mol. The van der Waals surface area contributed by atoms with Crippen LogP contribution in [0, 0.1) is 0 Å². The van der Waals surface area contributed by atoms with Gasteiger partial charge in [-0.25, -0.2) is 0 Å². The van der Waals surface area contributed by atoms with E-state index in [9.17, 15) is 14.4 Å². The molecule has 1 fully saturated rings. The van der Waals surface area contributed by atoms with Crippen LogP contribution in [0.4, 0.5) is 5.69 Å². The predicted molar refractivity (Wildman–Crippen MR) is 125 cm³/mol. The van der Waals surface area contributed by atoms with Crippen LogP contribution in [-0.2, 0) is 16.0 Å². The second-order valence-corrected chi connectivity index (χ2v) is 9.65. The number of anilines is 1. The van der Waals surface area contributed by atoms with Crippen LogP contribution in [0.1, 0.15) is 34.5 Å². The molecule has 0 aliphatic carbocycles. The van der Waals surface area contributed by atoms with Crippen LogP contribution in [0.25, 0.3) is 0 Å². The van der Waals surface area contributed by atoms with Crippen molar-refractivity contribution < 1.29 is 14.4 Å². The quantitative estimate of drug-likeness (QED) is 0.668. The van der Waals surface area contributed by atoms with E-state index in [1.54, 1.807) is 35.6 Å². The molecule has 2 aliphatic heterocycles. The zero-order valence-electron chi connectivity index (χ0n) is 17.0. The van der Waals surface area contributed by atoms with Crippen LogP contribution in [0.2, 0.25) is 0 Å². The van der Waals surface area contributed by atoms with Crippen LogP contribution >= 0.6 is 23.1 Å². The van der Waals surface area contributed by atoms with Gasteiger partial charge < -0.3 is 15.5 Å². The molecular weight excluding hydrogens is 432 g/mol. The van der Waals surface area contributed by atoms with Gasteiger partial charge in [0, 0.05) is 42.2 Å². The molecule has 9 heteroatoms. The van der Waals surface area contributed by atoms with E-state index in [0.717, 1.165) is 37.5 Å². The minimum absolute atomic E-state index is 0.0787. The van der Waals surface area contributed by atoms with Gasteiger partial charge in [0.2, 0.25) is 5.91 Å². The number of aliphatic imine (C=N–C) groups is 1. The molecule has 1 atom stereocenters. The lowest BCUT2D eigenvalue weighted by Gasteiger charge is -2.16. The molecule has 1 saturated heterocycles. The van der Waals surface area contributed by atoms with Crippen molar-refractivity contribution in [2.24, 2.45) is 4.99 Å². The molecule has 3 heterocycles. The van der Waals surface area contributed by atoms with E-state index >= 15 is 0 Å². The number of thiophene rings is 1. The van der Waals surface area contributed by atoms with Gasteiger partial charge in [-0.05, 0) is 55.0 Å². The average molecular weight is 457 g/mol. The van der Waals surface area contributed by atoms with Crippen molar-refractivity contribution in [3.05, 3.63) is 52.2 Å². The number of nitrogens with one attached hydrogen (secondary N) is 2. The summed E-state index contributed by atoms with van der Waals surface area (Å²) in [5, 5.41) is 8.00. The van der Waals surface area contributed by atoms with Gasteiger partial charge >= 0.3 is 0 Å². The van der Waals surface area contributed by atoms with E-state index in [2.05, 4.69) is 20.5 Å². The fraction of sp³-hybridized carbons (Fsp3) is 0.364. The number of thioether (sulfide) groups is 1. The van der Waals surface area contributed by atoms with Gasteiger partial charge in [0.25, 0.3) is 11.8 Å². The third-order valence-corrected chi connectivity index (χ3v) is 7.29. The fourth-order valence-corrected chi connectivity index (χ4v) is 5.32. The van der Waals surface area contributed by atoms with Gasteiger partial charge in [-0.15, -0.1) is 11.3 Å². The summed E-state index contributed by atoms with van der Waals surface area (Å²) in [6.45, 7) is 2.42. The highest BCUT2D eigenvalue weighted by Gasteiger charge is 2.33. The molecule has 1 aromatic heterocycles. The second-order valence-electron chi connectivity index (χ2n) is 7.45. The number of amides is 3. The van der Waals surface area contributed by atoms with Gasteiger partial charge in [-0.3, -0.25) is 14.4 Å². The van der Waals surface area contributed by atoms with Crippen molar-refractivity contribution in [1.82, 2.24) is 10.2 Å². The Morgan fingerprint density at radius 2 is 1.90 bits per heavy atom. The standard InChI is InChI=1S/C22H24N4O3S2/c27-19(14-18-21(29)25-22(31-18)26-11-1-2-12-26)24-16-7-5-15(6-8-16)20(28)23-10-9-17-4-3-13-30-17/h3-8,13,18H,1-2,9-12,14H2,(H,23,28)(H,24,27)/t18-/m1/s1. The molecule has 1 aromatic carbocycles. The molecule has 31 heavy (non-hydrogen) atoms. The Hall–Kier alpha value is -2.65. The number of carbonyl (C=O) groups is 3. The summed E-state index contributed by atoms with van der Waals surface area (Å²) in [5.41, 5.74) is 1.13. The number of likely N-dealkylation sites (tertiary alicyclic amines) is 1. The summed E-state index contributed by atoms with van der Waals surface area (Å²) in [6.07, 6.45) is 3.11. The molecule has 0 bridgehead atoms. The minimum atomic E-state index is -0.469. The van der Waals surface area contributed by atoms with Gasteiger partial charge in [0.1, 0.15) is 5.25 Å². The highest BCUT2D eigenvalue weighted by atomic mass is 32.2. The molecule has 3 amide bonds. The van der Waals surface area contributed by atoms with E-state index in [1.807, 2.05) is 17.5 Å². The summed E-state index contributed by atoms with van der Waals surface area (Å²) in [5.74, 6) is -0.623. The molecule has 4 rings (SSSR count). The molecule has 2 aliphatic rings. The molecule has 0 radical (unpaired) electrons. The van der Waals surface area contributed by atoms with E-state index in [1.165, 1.54) is 16.6 Å². The number of amidine groups is 1. The summed E-state index contributed by atoms with van der Waals surface area (Å²) < 4.78 is 0.